The van der Waals surface area contributed by atoms with Crippen molar-refractivity contribution in [2.75, 3.05) is 11.9 Å². The molecular weight excluding hydrogens is 337 g/mol. The van der Waals surface area contributed by atoms with Crippen LogP contribution in [0.2, 0.25) is 0 Å². The lowest BCUT2D eigenvalue weighted by atomic mass is 10.1. The maximum atomic E-state index is 13.3. The topological polar surface area (TPSA) is 76.4 Å². The number of aliphatic hydroxyl groups excluding tert-OH is 1. The molecule has 26 heavy (non-hydrogen) atoms. The highest BCUT2D eigenvalue weighted by Crippen LogP contribution is 2.34. The average Bonchev–Trinajstić information content (AvgIpc) is 3.07. The van der Waals surface area contributed by atoms with Crippen LogP contribution in [0.1, 0.15) is 18.7 Å². The summed E-state index contributed by atoms with van der Waals surface area (Å²) in [4.78, 5) is 11.6. The van der Waals surface area contributed by atoms with E-state index in [1.165, 1.54) is 12.1 Å². The molecule has 0 radical (unpaired) electrons. The number of ether oxygens (including phenoxy) is 1. The first-order valence-electron chi connectivity index (χ1n) is 8.12. The minimum absolute atomic E-state index is 0.00790. The molecule has 0 fully saturated rings. The number of carbonyl (C=O) groups excluding carboxylic acids is 1. The third-order valence-electron chi connectivity index (χ3n) is 4.14. The zero-order valence-electron chi connectivity index (χ0n) is 13.9. The number of aliphatic hydroxyl groups is 1. The Labute approximate surface area is 148 Å². The van der Waals surface area contributed by atoms with Gasteiger partial charge in [-0.15, -0.1) is 0 Å². The van der Waals surface area contributed by atoms with Crippen LogP contribution in [0.3, 0.4) is 0 Å². The van der Waals surface area contributed by atoms with Gasteiger partial charge >= 0.3 is 0 Å². The summed E-state index contributed by atoms with van der Waals surface area (Å²) in [6, 6.07) is 13.1. The Morgan fingerprint density at radius 1 is 1.23 bits per heavy atom. The van der Waals surface area contributed by atoms with Crippen molar-refractivity contribution >= 4 is 11.6 Å². The van der Waals surface area contributed by atoms with Gasteiger partial charge in [0.2, 0.25) is 0 Å². The van der Waals surface area contributed by atoms with Gasteiger partial charge in [0.15, 0.2) is 6.61 Å². The van der Waals surface area contributed by atoms with Gasteiger partial charge in [0.1, 0.15) is 11.6 Å². The third-order valence-corrected chi connectivity index (χ3v) is 4.14. The molecule has 1 aliphatic rings. The van der Waals surface area contributed by atoms with Crippen LogP contribution in [-0.4, -0.2) is 27.4 Å². The highest BCUT2D eigenvalue weighted by atomic mass is 19.1. The lowest BCUT2D eigenvalue weighted by molar-refractivity contribution is -0.118. The molecule has 0 saturated carbocycles. The molecular formula is C19H16FN3O3. The van der Waals surface area contributed by atoms with Gasteiger partial charge in [-0.25, -0.2) is 9.07 Å². The van der Waals surface area contributed by atoms with Crippen LogP contribution in [0.4, 0.5) is 10.1 Å². The number of nitrogens with zero attached hydrogens (tertiary/aromatic N) is 2. The molecule has 1 aliphatic heterocycles. The fourth-order valence-electron chi connectivity index (χ4n) is 2.83. The summed E-state index contributed by atoms with van der Waals surface area (Å²) in [6.07, 6.45) is -0.754. The van der Waals surface area contributed by atoms with Crippen LogP contribution in [0.25, 0.3) is 16.9 Å². The second kappa shape index (κ2) is 6.27. The van der Waals surface area contributed by atoms with Gasteiger partial charge in [-0.05, 0) is 55.5 Å². The Kier molecular flexibility index (Phi) is 3.93. The summed E-state index contributed by atoms with van der Waals surface area (Å²) < 4.78 is 20.3. The lowest BCUT2D eigenvalue weighted by Gasteiger charge is -2.18. The predicted octanol–water partition coefficient (Wildman–Crippen LogP) is 3.06. The molecule has 7 heteroatoms. The van der Waals surface area contributed by atoms with Gasteiger partial charge < -0.3 is 15.2 Å². The molecule has 4 rings (SSSR count). The standard InChI is InChI=1S/C19H16FN3O3/c1-11(24)15-9-17(23(22-15)14-5-3-13(20)4-6-14)12-2-7-18-16(8-12)21-19(25)10-26-18/h2-9,11,24H,10H2,1H3,(H,21,25). The molecule has 2 aromatic carbocycles. The van der Waals surface area contributed by atoms with Gasteiger partial charge in [-0.2, -0.15) is 5.10 Å². The van der Waals surface area contributed by atoms with Crippen molar-refractivity contribution in [1.82, 2.24) is 9.78 Å². The lowest BCUT2D eigenvalue weighted by Crippen LogP contribution is -2.25. The fourth-order valence-corrected chi connectivity index (χ4v) is 2.83. The second-order valence-corrected chi connectivity index (χ2v) is 6.07. The number of rotatable bonds is 3. The van der Waals surface area contributed by atoms with E-state index < -0.39 is 6.10 Å². The number of hydrogen-bond acceptors (Lipinski definition) is 4. The molecule has 132 valence electrons. The predicted molar refractivity (Wildman–Crippen MR) is 93.7 cm³/mol. The summed E-state index contributed by atoms with van der Waals surface area (Å²) in [7, 11) is 0. The number of amides is 1. The number of carbonyl (C=O) groups is 1. The maximum Gasteiger partial charge on any atom is 0.262 e. The molecule has 0 saturated heterocycles. The minimum atomic E-state index is -0.754. The van der Waals surface area contributed by atoms with Gasteiger partial charge in [-0.3, -0.25) is 4.79 Å². The third kappa shape index (κ3) is 2.93. The van der Waals surface area contributed by atoms with Crippen molar-refractivity contribution < 1.29 is 19.0 Å². The smallest absolute Gasteiger partial charge is 0.262 e. The summed E-state index contributed by atoms with van der Waals surface area (Å²) in [6.45, 7) is 1.62. The zero-order valence-corrected chi connectivity index (χ0v) is 13.9. The van der Waals surface area contributed by atoms with E-state index in [1.807, 2.05) is 6.07 Å². The number of nitrogens with one attached hydrogen (secondary N) is 1. The van der Waals surface area contributed by atoms with E-state index >= 15 is 0 Å². The first-order valence-corrected chi connectivity index (χ1v) is 8.12. The van der Waals surface area contributed by atoms with Crippen molar-refractivity contribution in [2.45, 2.75) is 13.0 Å². The van der Waals surface area contributed by atoms with E-state index in [2.05, 4.69) is 10.4 Å². The Morgan fingerprint density at radius 2 is 2.00 bits per heavy atom. The molecule has 1 aromatic heterocycles. The molecule has 0 bridgehead atoms. The number of halogens is 1. The number of hydrogen-bond donors (Lipinski definition) is 2. The van der Waals surface area contributed by atoms with Crippen LogP contribution in [0.15, 0.2) is 48.5 Å². The van der Waals surface area contributed by atoms with Crippen molar-refractivity contribution in [1.29, 1.82) is 0 Å². The molecule has 2 heterocycles. The SMILES string of the molecule is CC(O)c1cc(-c2ccc3c(c2)NC(=O)CO3)n(-c2ccc(F)cc2)n1. The Balaban J connectivity index is 1.84. The first kappa shape index (κ1) is 16.3. The van der Waals surface area contributed by atoms with Crippen LogP contribution < -0.4 is 10.1 Å². The quantitative estimate of drug-likeness (QED) is 0.759. The Bertz CT molecular complexity index is 980. The van der Waals surface area contributed by atoms with Crippen molar-refractivity contribution in [3.63, 3.8) is 0 Å². The van der Waals surface area contributed by atoms with E-state index in [-0.39, 0.29) is 18.3 Å². The van der Waals surface area contributed by atoms with Crippen molar-refractivity contribution in [2.24, 2.45) is 0 Å². The molecule has 1 unspecified atom stereocenters. The molecule has 1 amide bonds. The molecule has 0 spiro atoms. The Hall–Kier alpha value is -3.19. The number of anilines is 1. The van der Waals surface area contributed by atoms with E-state index in [4.69, 9.17) is 4.74 Å². The molecule has 3 aromatic rings. The Morgan fingerprint density at radius 3 is 2.73 bits per heavy atom. The number of aromatic nitrogens is 2. The van der Waals surface area contributed by atoms with Gasteiger partial charge in [0.05, 0.1) is 28.9 Å². The zero-order chi connectivity index (χ0) is 18.3. The largest absolute Gasteiger partial charge is 0.482 e. The summed E-state index contributed by atoms with van der Waals surface area (Å²) in [5.41, 5.74) is 3.20. The van der Waals surface area contributed by atoms with Crippen LogP contribution in [0.5, 0.6) is 5.75 Å². The van der Waals surface area contributed by atoms with E-state index in [1.54, 1.807) is 41.9 Å². The summed E-state index contributed by atoms with van der Waals surface area (Å²) in [5, 5.41) is 17.1. The molecule has 2 N–H and O–H groups in total. The summed E-state index contributed by atoms with van der Waals surface area (Å²) in [5.74, 6) is 0.0372. The van der Waals surface area contributed by atoms with Gasteiger partial charge in [-0.1, -0.05) is 0 Å². The van der Waals surface area contributed by atoms with Crippen LogP contribution in [-0.2, 0) is 4.79 Å². The van der Waals surface area contributed by atoms with E-state index in [0.717, 1.165) is 5.56 Å². The summed E-state index contributed by atoms with van der Waals surface area (Å²) >= 11 is 0. The van der Waals surface area contributed by atoms with E-state index in [9.17, 15) is 14.3 Å². The van der Waals surface area contributed by atoms with Gasteiger partial charge in [0.25, 0.3) is 5.91 Å². The molecule has 1 atom stereocenters. The molecule has 6 nitrogen and oxygen atoms in total. The fraction of sp³-hybridized carbons (Fsp3) is 0.158. The second-order valence-electron chi connectivity index (χ2n) is 6.07. The average molecular weight is 353 g/mol. The maximum absolute atomic E-state index is 13.3. The molecule has 0 aliphatic carbocycles. The first-order chi connectivity index (χ1) is 12.5. The monoisotopic (exact) mass is 353 g/mol. The van der Waals surface area contributed by atoms with Crippen LogP contribution >= 0.6 is 0 Å². The van der Waals surface area contributed by atoms with Crippen molar-refractivity contribution in [3.8, 4) is 22.7 Å². The number of fused-ring (bicyclic) bond motifs is 1. The minimum Gasteiger partial charge on any atom is -0.482 e. The highest BCUT2D eigenvalue weighted by Gasteiger charge is 2.19. The van der Waals surface area contributed by atoms with E-state index in [0.29, 0.717) is 28.5 Å². The van der Waals surface area contributed by atoms with Gasteiger partial charge in [0, 0.05) is 5.56 Å². The number of benzene rings is 2. The van der Waals surface area contributed by atoms with Crippen molar-refractivity contribution in [3.05, 3.63) is 60.0 Å². The normalized spacial score (nSPS) is 14.3. The highest BCUT2D eigenvalue weighted by molar-refractivity contribution is 5.96. The van der Waals surface area contributed by atoms with Crippen LogP contribution in [0, 0.1) is 5.82 Å².